The smallest absolute Gasteiger partial charge is 0.267 e. The van der Waals surface area contributed by atoms with E-state index >= 15 is 0 Å². The van der Waals surface area contributed by atoms with Gasteiger partial charge in [0.1, 0.15) is 0 Å². The maximum Gasteiger partial charge on any atom is 0.272 e. The Morgan fingerprint density at radius 1 is 1.41 bits per heavy atom. The topological polar surface area (TPSA) is 84.6 Å². The van der Waals surface area contributed by atoms with Crippen molar-refractivity contribution >= 4 is 29.1 Å². The Morgan fingerprint density at radius 2 is 2.18 bits per heavy atom. The molecule has 0 unspecified atom stereocenters. The molecular weight excluding hydrogens is 302 g/mol. The molecule has 0 aliphatic carbocycles. The van der Waals surface area contributed by atoms with Crippen LogP contribution in [0.1, 0.15) is 32.6 Å². The number of thiophene rings is 1. The second-order valence-corrected chi connectivity index (χ2v) is 5.82. The molecule has 0 atom stereocenters. The maximum absolute atomic E-state index is 11.9. The Labute approximate surface area is 131 Å². The third-order valence-corrected chi connectivity index (χ3v) is 4.21. The quantitative estimate of drug-likeness (QED) is 0.521. The average Bonchev–Trinajstić information content (AvgIpc) is 2.94. The summed E-state index contributed by atoms with van der Waals surface area (Å²) in [5.41, 5.74) is 3.18. The number of hydrazone groups is 1. The SMILES string of the molecule is CCc1ccc(C=NNC(=O)c2ccc([N+](=O)[O-])c(C)c2)s1. The number of benzene rings is 1. The molecule has 1 amide bonds. The van der Waals surface area contributed by atoms with Crippen molar-refractivity contribution < 1.29 is 9.72 Å². The van der Waals surface area contributed by atoms with Gasteiger partial charge in [0.15, 0.2) is 0 Å². The van der Waals surface area contributed by atoms with E-state index in [1.54, 1.807) is 24.5 Å². The molecule has 2 aromatic rings. The molecule has 0 bridgehead atoms. The molecule has 2 rings (SSSR count). The summed E-state index contributed by atoms with van der Waals surface area (Å²) in [7, 11) is 0. The van der Waals surface area contributed by atoms with Crippen molar-refractivity contribution in [3.05, 3.63) is 61.3 Å². The number of nitro groups is 1. The molecule has 114 valence electrons. The standard InChI is InChI=1S/C15H15N3O3S/c1-3-12-5-6-13(22-12)9-16-17-15(19)11-4-7-14(18(20)21)10(2)8-11/h4-9H,3H2,1-2H3,(H,17,19). The van der Waals surface area contributed by atoms with E-state index in [-0.39, 0.29) is 5.69 Å². The van der Waals surface area contributed by atoms with Gasteiger partial charge < -0.3 is 0 Å². The van der Waals surface area contributed by atoms with Crippen LogP contribution in [0.2, 0.25) is 0 Å². The first kappa shape index (κ1) is 15.8. The summed E-state index contributed by atoms with van der Waals surface area (Å²) < 4.78 is 0. The highest BCUT2D eigenvalue weighted by atomic mass is 32.1. The van der Waals surface area contributed by atoms with E-state index in [0.29, 0.717) is 11.1 Å². The maximum atomic E-state index is 11.9. The molecule has 0 saturated heterocycles. The lowest BCUT2D eigenvalue weighted by Gasteiger charge is -2.02. The van der Waals surface area contributed by atoms with Crippen molar-refractivity contribution in [3.8, 4) is 0 Å². The van der Waals surface area contributed by atoms with Crippen molar-refractivity contribution in [2.45, 2.75) is 20.3 Å². The molecule has 1 N–H and O–H groups in total. The number of carbonyl (C=O) groups excluding carboxylic acids is 1. The summed E-state index contributed by atoms with van der Waals surface area (Å²) in [5.74, 6) is -0.401. The molecule has 7 heteroatoms. The largest absolute Gasteiger partial charge is 0.272 e. The van der Waals surface area contributed by atoms with Crippen molar-refractivity contribution in [2.75, 3.05) is 0 Å². The normalized spacial score (nSPS) is 10.8. The summed E-state index contributed by atoms with van der Waals surface area (Å²) in [6, 6.07) is 8.17. The predicted molar refractivity (Wildman–Crippen MR) is 86.6 cm³/mol. The lowest BCUT2D eigenvalue weighted by molar-refractivity contribution is -0.385. The van der Waals surface area contributed by atoms with Crippen LogP contribution in [-0.4, -0.2) is 17.0 Å². The fourth-order valence-electron chi connectivity index (χ4n) is 1.87. The van der Waals surface area contributed by atoms with Gasteiger partial charge in [0.2, 0.25) is 0 Å². The lowest BCUT2D eigenvalue weighted by atomic mass is 10.1. The Hall–Kier alpha value is -2.54. The predicted octanol–water partition coefficient (Wildman–Crippen LogP) is 3.29. The highest BCUT2D eigenvalue weighted by molar-refractivity contribution is 7.13. The van der Waals surface area contributed by atoms with Gasteiger partial charge in [-0.15, -0.1) is 11.3 Å². The van der Waals surface area contributed by atoms with Gasteiger partial charge in [-0.25, -0.2) is 5.43 Å². The molecule has 0 aliphatic rings. The molecule has 0 saturated carbocycles. The fraction of sp³-hybridized carbons (Fsp3) is 0.200. The van der Waals surface area contributed by atoms with Crippen LogP contribution in [0.15, 0.2) is 35.4 Å². The van der Waals surface area contributed by atoms with Gasteiger partial charge >= 0.3 is 0 Å². The van der Waals surface area contributed by atoms with E-state index in [0.717, 1.165) is 11.3 Å². The van der Waals surface area contributed by atoms with Crippen molar-refractivity contribution in [3.63, 3.8) is 0 Å². The summed E-state index contributed by atoms with van der Waals surface area (Å²) in [5, 5.41) is 14.6. The van der Waals surface area contributed by atoms with Crippen LogP contribution < -0.4 is 5.43 Å². The first-order chi connectivity index (χ1) is 10.5. The molecule has 0 radical (unpaired) electrons. The molecule has 0 fully saturated rings. The second-order valence-electron chi connectivity index (χ2n) is 4.62. The van der Waals surface area contributed by atoms with Gasteiger partial charge in [0.25, 0.3) is 11.6 Å². The zero-order chi connectivity index (χ0) is 16.1. The summed E-state index contributed by atoms with van der Waals surface area (Å²) in [6.07, 6.45) is 2.55. The molecule has 1 aromatic carbocycles. The zero-order valence-electron chi connectivity index (χ0n) is 12.2. The van der Waals surface area contributed by atoms with E-state index in [1.807, 2.05) is 12.1 Å². The number of amides is 1. The minimum Gasteiger partial charge on any atom is -0.267 e. The van der Waals surface area contributed by atoms with Gasteiger partial charge in [-0.3, -0.25) is 14.9 Å². The fourth-order valence-corrected chi connectivity index (χ4v) is 2.70. The summed E-state index contributed by atoms with van der Waals surface area (Å²) >= 11 is 1.61. The highest BCUT2D eigenvalue weighted by Crippen LogP contribution is 2.18. The Morgan fingerprint density at radius 3 is 2.77 bits per heavy atom. The van der Waals surface area contributed by atoms with Crippen LogP contribution >= 0.6 is 11.3 Å². The molecule has 0 aliphatic heterocycles. The van der Waals surface area contributed by atoms with E-state index in [9.17, 15) is 14.9 Å². The number of nitrogens with one attached hydrogen (secondary N) is 1. The number of nitrogens with zero attached hydrogens (tertiary/aromatic N) is 2. The molecule has 22 heavy (non-hydrogen) atoms. The summed E-state index contributed by atoms with van der Waals surface area (Å²) in [6.45, 7) is 3.67. The molecule has 0 spiro atoms. The first-order valence-corrected chi connectivity index (χ1v) is 7.50. The van der Waals surface area contributed by atoms with E-state index < -0.39 is 10.8 Å². The van der Waals surface area contributed by atoms with Crippen LogP contribution in [0.5, 0.6) is 0 Å². The van der Waals surface area contributed by atoms with Crippen LogP contribution in [0, 0.1) is 17.0 Å². The second kappa shape index (κ2) is 6.95. The minimum atomic E-state index is -0.475. The highest BCUT2D eigenvalue weighted by Gasteiger charge is 2.13. The number of aryl methyl sites for hydroxylation is 2. The van der Waals surface area contributed by atoms with Crippen molar-refractivity contribution in [1.82, 2.24) is 5.43 Å². The Kier molecular flexibility index (Phi) is 5.00. The molecule has 6 nitrogen and oxygen atoms in total. The summed E-state index contributed by atoms with van der Waals surface area (Å²) in [4.78, 5) is 24.4. The zero-order valence-corrected chi connectivity index (χ0v) is 13.0. The number of rotatable bonds is 5. The van der Waals surface area contributed by atoms with Gasteiger partial charge in [-0.05, 0) is 37.6 Å². The average molecular weight is 317 g/mol. The molecule has 1 heterocycles. The van der Waals surface area contributed by atoms with Crippen LogP contribution in [0.3, 0.4) is 0 Å². The van der Waals surface area contributed by atoms with Crippen molar-refractivity contribution in [1.29, 1.82) is 0 Å². The van der Waals surface area contributed by atoms with Gasteiger partial charge in [-0.2, -0.15) is 5.10 Å². The third kappa shape index (κ3) is 3.76. The van der Waals surface area contributed by atoms with E-state index in [2.05, 4.69) is 17.5 Å². The molecular formula is C15H15N3O3S. The monoisotopic (exact) mass is 317 g/mol. The number of nitro benzene ring substituents is 1. The number of hydrogen-bond donors (Lipinski definition) is 1. The van der Waals surface area contributed by atoms with Crippen LogP contribution in [-0.2, 0) is 6.42 Å². The minimum absolute atomic E-state index is 0.00858. The van der Waals surface area contributed by atoms with Gasteiger partial charge in [0, 0.05) is 26.9 Å². The van der Waals surface area contributed by atoms with E-state index in [4.69, 9.17) is 0 Å². The number of carbonyl (C=O) groups is 1. The first-order valence-electron chi connectivity index (χ1n) is 6.68. The van der Waals surface area contributed by atoms with Gasteiger partial charge in [-0.1, -0.05) is 6.92 Å². The molecule has 1 aromatic heterocycles. The van der Waals surface area contributed by atoms with Gasteiger partial charge in [0.05, 0.1) is 11.1 Å². The Balaban J connectivity index is 2.03. The third-order valence-electron chi connectivity index (χ3n) is 3.04. The Bertz CT molecular complexity index is 737. The van der Waals surface area contributed by atoms with Crippen LogP contribution in [0.25, 0.3) is 0 Å². The van der Waals surface area contributed by atoms with E-state index in [1.165, 1.54) is 23.1 Å². The lowest BCUT2D eigenvalue weighted by Crippen LogP contribution is -2.17. The van der Waals surface area contributed by atoms with Crippen LogP contribution in [0.4, 0.5) is 5.69 Å². The number of hydrogen-bond acceptors (Lipinski definition) is 5. The van der Waals surface area contributed by atoms with Crippen molar-refractivity contribution in [2.24, 2.45) is 5.10 Å².